The van der Waals surface area contributed by atoms with Gasteiger partial charge in [-0.05, 0) is 30.5 Å². The van der Waals surface area contributed by atoms with Crippen molar-refractivity contribution in [3.63, 3.8) is 0 Å². The van der Waals surface area contributed by atoms with Gasteiger partial charge in [-0.1, -0.05) is 18.1 Å². The molecule has 0 unspecified atom stereocenters. The smallest absolute Gasteiger partial charge is 0.119 e. The molecule has 15 heavy (non-hydrogen) atoms. The Kier molecular flexibility index (Phi) is 2.62. The summed E-state index contributed by atoms with van der Waals surface area (Å²) in [5, 5.41) is 12.4. The van der Waals surface area contributed by atoms with Crippen molar-refractivity contribution in [2.75, 3.05) is 7.11 Å². The fourth-order valence-electron chi connectivity index (χ4n) is 2.07. The molecule has 0 fully saturated rings. The Labute approximate surface area is 89.4 Å². The third-order valence-electron chi connectivity index (χ3n) is 3.01. The highest BCUT2D eigenvalue weighted by Crippen LogP contribution is 2.28. The van der Waals surface area contributed by atoms with Gasteiger partial charge in [-0.25, -0.2) is 0 Å². The number of benzene rings is 1. The number of nitrogens with zero attached hydrogens (tertiary/aromatic N) is 1. The second-order valence-corrected chi connectivity index (χ2v) is 3.95. The molecule has 0 heterocycles. The lowest BCUT2D eigenvalue weighted by atomic mass is 9.83. The van der Waals surface area contributed by atoms with E-state index in [1.807, 2.05) is 18.2 Å². The van der Waals surface area contributed by atoms with Gasteiger partial charge in [-0.15, -0.1) is 0 Å². The molecule has 1 atom stereocenters. The molecule has 1 aliphatic rings. The zero-order valence-electron chi connectivity index (χ0n) is 9.03. The third-order valence-corrected chi connectivity index (χ3v) is 3.01. The van der Waals surface area contributed by atoms with Crippen molar-refractivity contribution in [2.45, 2.75) is 19.8 Å². The lowest BCUT2D eigenvalue weighted by Gasteiger charge is -2.22. The number of aryl methyl sites for hydroxylation is 1. The quantitative estimate of drug-likeness (QED) is 0.565. The van der Waals surface area contributed by atoms with Gasteiger partial charge in [0.2, 0.25) is 0 Å². The summed E-state index contributed by atoms with van der Waals surface area (Å²) in [6.45, 7) is 2.08. The van der Waals surface area contributed by atoms with Crippen molar-refractivity contribution < 1.29 is 9.94 Å². The lowest BCUT2D eigenvalue weighted by molar-refractivity contribution is 0.314. The molecule has 80 valence electrons. The third kappa shape index (κ3) is 1.69. The van der Waals surface area contributed by atoms with Gasteiger partial charge in [0.05, 0.1) is 12.8 Å². The maximum absolute atomic E-state index is 9.02. The van der Waals surface area contributed by atoms with Crippen LogP contribution >= 0.6 is 0 Å². The predicted octanol–water partition coefficient (Wildman–Crippen LogP) is 2.46. The van der Waals surface area contributed by atoms with Crippen molar-refractivity contribution in [3.8, 4) is 5.75 Å². The second-order valence-electron chi connectivity index (χ2n) is 3.95. The summed E-state index contributed by atoms with van der Waals surface area (Å²) in [6.07, 6.45) is 2.08. The van der Waals surface area contributed by atoms with Crippen LogP contribution in [-0.2, 0) is 6.42 Å². The topological polar surface area (TPSA) is 41.8 Å². The van der Waals surface area contributed by atoms with Crippen molar-refractivity contribution in [2.24, 2.45) is 11.1 Å². The molecular formula is C12H15NO2. The summed E-state index contributed by atoms with van der Waals surface area (Å²) >= 11 is 0. The van der Waals surface area contributed by atoms with Crippen LogP contribution in [0.15, 0.2) is 23.4 Å². The Morgan fingerprint density at radius 2 is 2.27 bits per heavy atom. The summed E-state index contributed by atoms with van der Waals surface area (Å²) in [5.74, 6) is 1.12. The Bertz CT molecular complexity index is 399. The van der Waals surface area contributed by atoms with E-state index in [1.165, 1.54) is 5.56 Å². The van der Waals surface area contributed by atoms with Crippen molar-refractivity contribution in [1.29, 1.82) is 0 Å². The average molecular weight is 205 g/mol. The molecule has 3 heteroatoms. The highest BCUT2D eigenvalue weighted by atomic mass is 16.5. The molecule has 0 amide bonds. The van der Waals surface area contributed by atoms with Crippen LogP contribution in [0.3, 0.4) is 0 Å². The van der Waals surface area contributed by atoms with E-state index in [0.717, 1.165) is 29.9 Å². The molecule has 1 aromatic rings. The lowest BCUT2D eigenvalue weighted by Crippen LogP contribution is -2.21. The first-order valence-corrected chi connectivity index (χ1v) is 5.15. The number of methoxy groups -OCH3 is 1. The molecule has 0 aliphatic heterocycles. The minimum absolute atomic E-state index is 0.314. The van der Waals surface area contributed by atoms with Crippen molar-refractivity contribution in [3.05, 3.63) is 29.3 Å². The molecule has 1 aromatic carbocycles. The molecule has 0 radical (unpaired) electrons. The van der Waals surface area contributed by atoms with Gasteiger partial charge in [0.25, 0.3) is 0 Å². The first kappa shape index (κ1) is 10.0. The Morgan fingerprint density at radius 1 is 1.47 bits per heavy atom. The summed E-state index contributed by atoms with van der Waals surface area (Å²) < 4.78 is 5.17. The van der Waals surface area contributed by atoms with E-state index in [1.54, 1.807) is 7.11 Å². The fraction of sp³-hybridized carbons (Fsp3) is 0.417. The van der Waals surface area contributed by atoms with Crippen LogP contribution in [0.25, 0.3) is 0 Å². The Balaban J connectivity index is 2.50. The van der Waals surface area contributed by atoms with Crippen molar-refractivity contribution >= 4 is 5.71 Å². The first-order valence-electron chi connectivity index (χ1n) is 5.15. The van der Waals surface area contributed by atoms with E-state index in [-0.39, 0.29) is 0 Å². The summed E-state index contributed by atoms with van der Waals surface area (Å²) in [5.41, 5.74) is 3.03. The van der Waals surface area contributed by atoms with Crippen LogP contribution in [0.4, 0.5) is 0 Å². The zero-order valence-corrected chi connectivity index (χ0v) is 9.03. The normalized spacial score (nSPS) is 22.5. The summed E-state index contributed by atoms with van der Waals surface area (Å²) in [6, 6.07) is 5.94. The van der Waals surface area contributed by atoms with E-state index >= 15 is 0 Å². The Hall–Kier alpha value is -1.51. The molecule has 0 saturated heterocycles. The predicted molar refractivity (Wildman–Crippen MR) is 58.8 cm³/mol. The van der Waals surface area contributed by atoms with Gasteiger partial charge in [0, 0.05) is 11.5 Å². The van der Waals surface area contributed by atoms with Crippen LogP contribution in [0.5, 0.6) is 5.75 Å². The molecule has 0 bridgehead atoms. The molecule has 0 saturated carbocycles. The van der Waals surface area contributed by atoms with Gasteiger partial charge >= 0.3 is 0 Å². The van der Waals surface area contributed by atoms with Crippen LogP contribution in [0, 0.1) is 5.92 Å². The molecule has 0 spiro atoms. The largest absolute Gasteiger partial charge is 0.497 e. The molecule has 1 N–H and O–H groups in total. The van der Waals surface area contributed by atoms with Gasteiger partial charge < -0.3 is 9.94 Å². The monoisotopic (exact) mass is 205 g/mol. The molecule has 3 nitrogen and oxygen atoms in total. The van der Waals surface area contributed by atoms with E-state index < -0.39 is 0 Å². The number of fused-ring (bicyclic) bond motifs is 1. The minimum atomic E-state index is 0.314. The van der Waals surface area contributed by atoms with Crippen LogP contribution < -0.4 is 4.74 Å². The van der Waals surface area contributed by atoms with E-state index in [9.17, 15) is 0 Å². The number of oxime groups is 1. The minimum Gasteiger partial charge on any atom is -0.497 e. The second kappa shape index (κ2) is 3.93. The van der Waals surface area contributed by atoms with Crippen molar-refractivity contribution in [1.82, 2.24) is 0 Å². The van der Waals surface area contributed by atoms with E-state index in [0.29, 0.717) is 5.92 Å². The van der Waals surface area contributed by atoms with Gasteiger partial charge in [0.15, 0.2) is 0 Å². The number of hydrogen-bond acceptors (Lipinski definition) is 3. The maximum Gasteiger partial charge on any atom is 0.119 e. The molecule has 0 aromatic heterocycles. The SMILES string of the molecule is COc1ccc2c(c1)C(=NO)[C@H](C)CC2. The van der Waals surface area contributed by atoms with Gasteiger partial charge in [0.1, 0.15) is 5.75 Å². The average Bonchev–Trinajstić information content (AvgIpc) is 2.28. The number of ether oxygens (including phenoxy) is 1. The van der Waals surface area contributed by atoms with Crippen LogP contribution in [0.1, 0.15) is 24.5 Å². The molecular weight excluding hydrogens is 190 g/mol. The highest BCUT2D eigenvalue weighted by Gasteiger charge is 2.22. The number of rotatable bonds is 1. The summed E-state index contributed by atoms with van der Waals surface area (Å²) in [7, 11) is 1.64. The van der Waals surface area contributed by atoms with E-state index in [4.69, 9.17) is 9.94 Å². The fourth-order valence-corrected chi connectivity index (χ4v) is 2.07. The zero-order chi connectivity index (χ0) is 10.8. The van der Waals surface area contributed by atoms with Gasteiger partial charge in [-0.2, -0.15) is 0 Å². The maximum atomic E-state index is 9.02. The van der Waals surface area contributed by atoms with Crippen LogP contribution in [-0.4, -0.2) is 18.0 Å². The van der Waals surface area contributed by atoms with E-state index in [2.05, 4.69) is 12.1 Å². The standard InChI is InChI=1S/C12H15NO2/c1-8-3-4-9-5-6-10(15-2)7-11(9)12(8)13-14/h5-8,14H,3-4H2,1-2H3/t8-/m1/s1. The van der Waals surface area contributed by atoms with Gasteiger partial charge in [-0.3, -0.25) is 0 Å². The number of hydrogen-bond donors (Lipinski definition) is 1. The first-order chi connectivity index (χ1) is 7.26. The Morgan fingerprint density at radius 3 is 2.93 bits per heavy atom. The molecule has 2 rings (SSSR count). The molecule has 1 aliphatic carbocycles. The highest BCUT2D eigenvalue weighted by molar-refractivity contribution is 6.04. The van der Waals surface area contributed by atoms with Crippen LogP contribution in [0.2, 0.25) is 0 Å². The summed E-state index contributed by atoms with van der Waals surface area (Å²) in [4.78, 5) is 0.